The van der Waals surface area contributed by atoms with Gasteiger partial charge in [0.15, 0.2) is 23.5 Å². The normalized spacial score (nSPS) is 18.8. The minimum absolute atomic E-state index is 0.00272. The number of alkyl halides is 1. The predicted octanol–water partition coefficient (Wildman–Crippen LogP) is 2.59. The molecular formula is C19H28FN5O. The van der Waals surface area contributed by atoms with Crippen LogP contribution in [0, 0.1) is 0 Å². The summed E-state index contributed by atoms with van der Waals surface area (Å²) in [6.45, 7) is 6.46. The lowest BCUT2D eigenvalue weighted by Crippen LogP contribution is -2.57. The van der Waals surface area contributed by atoms with Gasteiger partial charge >= 0.3 is 0 Å². The maximum Gasteiger partial charge on any atom is 0.222 e. The first-order valence-electron chi connectivity index (χ1n) is 8.95. The van der Waals surface area contributed by atoms with E-state index in [0.717, 1.165) is 17.9 Å². The average molecular weight is 361 g/mol. The summed E-state index contributed by atoms with van der Waals surface area (Å²) in [6, 6.07) is 10.2. The third kappa shape index (κ3) is 5.11. The lowest BCUT2D eigenvalue weighted by atomic mass is 10.1. The molecule has 0 saturated carbocycles. The summed E-state index contributed by atoms with van der Waals surface area (Å²) in [6.07, 6.45) is 1.06. The van der Waals surface area contributed by atoms with E-state index < -0.39 is 11.8 Å². The van der Waals surface area contributed by atoms with E-state index in [1.54, 1.807) is 6.92 Å². The maximum atomic E-state index is 14.5. The Morgan fingerprint density at radius 1 is 1.38 bits per heavy atom. The lowest BCUT2D eigenvalue weighted by molar-refractivity contribution is -0.122. The van der Waals surface area contributed by atoms with Crippen molar-refractivity contribution in [3.8, 4) is 0 Å². The van der Waals surface area contributed by atoms with Gasteiger partial charge in [-0.25, -0.2) is 15.2 Å². The molecule has 3 N–H and O–H groups in total. The van der Waals surface area contributed by atoms with Crippen LogP contribution in [-0.2, 0) is 11.2 Å². The van der Waals surface area contributed by atoms with Gasteiger partial charge in [-0.1, -0.05) is 37.3 Å². The molecule has 2 rings (SSSR count). The topological polar surface area (TPSA) is 83.1 Å². The van der Waals surface area contributed by atoms with Crippen LogP contribution in [0.3, 0.4) is 0 Å². The number of hydrazine groups is 1. The molecule has 0 aromatic heterocycles. The van der Waals surface area contributed by atoms with E-state index in [1.165, 1.54) is 19.4 Å². The fraction of sp³-hybridized carbons (Fsp3) is 0.526. The van der Waals surface area contributed by atoms with Crippen LogP contribution in [0.2, 0.25) is 0 Å². The quantitative estimate of drug-likeness (QED) is 0.731. The molecule has 0 spiro atoms. The summed E-state index contributed by atoms with van der Waals surface area (Å²) in [5, 5.41) is 4.22. The first-order valence-corrected chi connectivity index (χ1v) is 8.95. The molecule has 1 heterocycles. The van der Waals surface area contributed by atoms with Crippen LogP contribution in [0.1, 0.15) is 46.1 Å². The van der Waals surface area contributed by atoms with Crippen LogP contribution in [0.25, 0.3) is 0 Å². The third-order valence-corrected chi connectivity index (χ3v) is 4.22. The highest BCUT2D eigenvalue weighted by molar-refractivity contribution is 6.04. The molecule has 0 radical (unpaired) electrons. The van der Waals surface area contributed by atoms with Crippen molar-refractivity contribution in [2.75, 3.05) is 0 Å². The lowest BCUT2D eigenvalue weighted by Gasteiger charge is -2.34. The van der Waals surface area contributed by atoms with Crippen LogP contribution in [0.5, 0.6) is 0 Å². The summed E-state index contributed by atoms with van der Waals surface area (Å²) >= 11 is 0. The number of Topliss-reactive ketones (excluding diaryl/α,β-unsaturated/α-hetero) is 1. The molecule has 0 aliphatic carbocycles. The van der Waals surface area contributed by atoms with Gasteiger partial charge in [-0.15, -0.1) is 0 Å². The average Bonchev–Trinajstić information content (AvgIpc) is 2.60. The maximum absolute atomic E-state index is 14.5. The summed E-state index contributed by atoms with van der Waals surface area (Å²) in [5.74, 6) is 5.99. The SMILES string of the molecule is CCC(=O)[C@@H]1N=C(NC(C)CCc2ccccc2)N=C(C(C)(C)F)N1N. The number of ketones is 1. The Morgan fingerprint density at radius 3 is 2.62 bits per heavy atom. The molecule has 2 atom stereocenters. The van der Waals surface area contributed by atoms with Gasteiger partial charge in [0.1, 0.15) is 0 Å². The summed E-state index contributed by atoms with van der Waals surface area (Å²) < 4.78 is 14.5. The molecule has 1 aliphatic heterocycles. The molecule has 1 aromatic carbocycles. The van der Waals surface area contributed by atoms with E-state index >= 15 is 0 Å². The fourth-order valence-corrected chi connectivity index (χ4v) is 2.72. The number of halogens is 1. The van der Waals surface area contributed by atoms with Crippen molar-refractivity contribution < 1.29 is 9.18 Å². The number of nitrogens with two attached hydrogens (primary N) is 1. The first-order chi connectivity index (χ1) is 12.2. The number of hydrogen-bond acceptors (Lipinski definition) is 6. The molecule has 1 unspecified atom stereocenters. The highest BCUT2D eigenvalue weighted by Crippen LogP contribution is 2.19. The Kier molecular flexibility index (Phi) is 6.47. The smallest absolute Gasteiger partial charge is 0.222 e. The molecule has 0 fully saturated rings. The van der Waals surface area contributed by atoms with Gasteiger partial charge in [-0.2, -0.15) is 4.99 Å². The molecule has 1 aliphatic rings. The minimum Gasteiger partial charge on any atom is -0.352 e. The Balaban J connectivity index is 2.11. The Hall–Kier alpha value is -2.28. The number of carbonyl (C=O) groups is 1. The van der Waals surface area contributed by atoms with Crippen molar-refractivity contribution in [1.82, 2.24) is 10.3 Å². The van der Waals surface area contributed by atoms with Crippen LogP contribution in [-0.4, -0.2) is 40.5 Å². The molecule has 7 heteroatoms. The van der Waals surface area contributed by atoms with Crippen molar-refractivity contribution in [2.45, 2.75) is 64.8 Å². The van der Waals surface area contributed by atoms with Crippen LogP contribution in [0.4, 0.5) is 4.39 Å². The van der Waals surface area contributed by atoms with Gasteiger partial charge in [-0.05, 0) is 39.2 Å². The van der Waals surface area contributed by atoms with Gasteiger partial charge in [-0.3, -0.25) is 9.80 Å². The molecular weight excluding hydrogens is 333 g/mol. The number of rotatable bonds is 7. The molecule has 0 bridgehead atoms. The van der Waals surface area contributed by atoms with Gasteiger partial charge < -0.3 is 5.32 Å². The van der Waals surface area contributed by atoms with Gasteiger partial charge in [0.05, 0.1) is 0 Å². The standard InChI is InChI=1S/C19H28FN5O/c1-5-15(26)16-23-18(24-17(25(16)21)19(3,4)20)22-13(2)11-12-14-9-7-6-8-10-14/h6-10,13,16H,5,11-12,21H2,1-4H3,(H,22,23)/t13?,16-/m1/s1. The number of guanidine groups is 1. The molecule has 0 amide bonds. The van der Waals surface area contributed by atoms with Crippen molar-refractivity contribution in [3.63, 3.8) is 0 Å². The van der Waals surface area contributed by atoms with Gasteiger partial charge in [0, 0.05) is 12.5 Å². The minimum atomic E-state index is -1.78. The second-order valence-corrected chi connectivity index (χ2v) is 7.03. The zero-order chi connectivity index (χ0) is 19.3. The van der Waals surface area contributed by atoms with Crippen LogP contribution in [0.15, 0.2) is 40.3 Å². The van der Waals surface area contributed by atoms with Crippen molar-refractivity contribution >= 4 is 17.6 Å². The van der Waals surface area contributed by atoms with E-state index in [-0.39, 0.29) is 30.0 Å². The van der Waals surface area contributed by atoms with E-state index in [1.807, 2.05) is 25.1 Å². The summed E-state index contributed by atoms with van der Waals surface area (Å²) in [5.41, 5.74) is -0.537. The third-order valence-electron chi connectivity index (χ3n) is 4.22. The van der Waals surface area contributed by atoms with Crippen LogP contribution >= 0.6 is 0 Å². The first kappa shape index (κ1) is 20.0. The van der Waals surface area contributed by atoms with Crippen LogP contribution < -0.4 is 11.2 Å². The molecule has 1 aromatic rings. The number of aliphatic imine (C=N–C) groups is 2. The summed E-state index contributed by atoms with van der Waals surface area (Å²) in [7, 11) is 0. The van der Waals surface area contributed by atoms with Crippen molar-refractivity contribution in [1.29, 1.82) is 0 Å². The number of benzene rings is 1. The summed E-state index contributed by atoms with van der Waals surface area (Å²) in [4.78, 5) is 20.7. The number of carbonyl (C=O) groups excluding carboxylic acids is 1. The zero-order valence-corrected chi connectivity index (χ0v) is 15.9. The van der Waals surface area contributed by atoms with Crippen molar-refractivity contribution in [3.05, 3.63) is 35.9 Å². The number of hydrogen-bond donors (Lipinski definition) is 2. The fourth-order valence-electron chi connectivity index (χ4n) is 2.72. The Labute approximate surface area is 154 Å². The highest BCUT2D eigenvalue weighted by atomic mass is 19.1. The number of nitrogens with one attached hydrogen (secondary N) is 1. The Morgan fingerprint density at radius 2 is 2.04 bits per heavy atom. The van der Waals surface area contributed by atoms with E-state index in [4.69, 9.17) is 5.84 Å². The van der Waals surface area contributed by atoms with E-state index in [9.17, 15) is 9.18 Å². The van der Waals surface area contributed by atoms with E-state index in [0.29, 0.717) is 0 Å². The molecule has 26 heavy (non-hydrogen) atoms. The number of aryl methyl sites for hydroxylation is 1. The largest absolute Gasteiger partial charge is 0.352 e. The van der Waals surface area contributed by atoms with E-state index in [2.05, 4.69) is 27.4 Å². The van der Waals surface area contributed by atoms with Crippen molar-refractivity contribution in [2.24, 2.45) is 15.8 Å². The second-order valence-electron chi connectivity index (χ2n) is 7.03. The predicted molar refractivity (Wildman–Crippen MR) is 103 cm³/mol. The monoisotopic (exact) mass is 361 g/mol. The second kappa shape index (κ2) is 8.40. The molecule has 142 valence electrons. The highest BCUT2D eigenvalue weighted by Gasteiger charge is 2.37. The van der Waals surface area contributed by atoms with Gasteiger partial charge in [0.25, 0.3) is 0 Å². The molecule has 6 nitrogen and oxygen atoms in total. The zero-order valence-electron chi connectivity index (χ0n) is 15.9. The molecule has 0 saturated heterocycles. The number of nitrogens with zero attached hydrogens (tertiary/aromatic N) is 3. The Bertz CT molecular complexity index is 681. The number of amidine groups is 1. The van der Waals surface area contributed by atoms with Gasteiger partial charge in [0.2, 0.25) is 5.96 Å².